The number of nitrogens with one attached hydrogen (secondary N) is 2. The van der Waals surface area contributed by atoms with Gasteiger partial charge in [-0.1, -0.05) is 58.9 Å². The lowest BCUT2D eigenvalue weighted by molar-refractivity contribution is 0.547. The molecule has 0 unspecified atom stereocenters. The zero-order valence-corrected chi connectivity index (χ0v) is 13.2. The molecule has 0 spiro atoms. The van der Waals surface area contributed by atoms with E-state index in [1.807, 2.05) is 0 Å². The molecule has 2 N–H and O–H groups in total. The molecule has 0 aromatic heterocycles. The van der Waals surface area contributed by atoms with Gasteiger partial charge in [0.1, 0.15) is 0 Å². The van der Waals surface area contributed by atoms with Crippen molar-refractivity contribution in [3.05, 3.63) is 35.4 Å². The quantitative estimate of drug-likeness (QED) is 0.735. The monoisotopic (exact) mass is 262 g/mol. The highest BCUT2D eigenvalue weighted by Gasteiger charge is 2.12. The van der Waals surface area contributed by atoms with Crippen molar-refractivity contribution in [1.82, 2.24) is 10.6 Å². The molecule has 0 atom stereocenters. The maximum Gasteiger partial charge on any atom is 0.0205 e. The molecule has 2 nitrogen and oxygen atoms in total. The summed E-state index contributed by atoms with van der Waals surface area (Å²) in [5, 5.41) is 6.92. The first kappa shape index (κ1) is 16.2. The summed E-state index contributed by atoms with van der Waals surface area (Å²) in [6.07, 6.45) is 1.18. The van der Waals surface area contributed by atoms with Crippen LogP contribution in [0.15, 0.2) is 24.3 Å². The van der Waals surface area contributed by atoms with Gasteiger partial charge in [-0.15, -0.1) is 0 Å². The fourth-order valence-electron chi connectivity index (χ4n) is 1.96. The van der Waals surface area contributed by atoms with E-state index in [2.05, 4.69) is 69.5 Å². The lowest BCUT2D eigenvalue weighted by Crippen LogP contribution is -2.26. The minimum absolute atomic E-state index is 0.245. The first-order chi connectivity index (χ1) is 8.89. The van der Waals surface area contributed by atoms with Crippen molar-refractivity contribution in [1.29, 1.82) is 0 Å². The van der Waals surface area contributed by atoms with E-state index < -0.39 is 0 Å². The maximum atomic E-state index is 3.49. The summed E-state index contributed by atoms with van der Waals surface area (Å²) in [6.45, 7) is 14.3. The summed E-state index contributed by atoms with van der Waals surface area (Å²) >= 11 is 0. The summed E-state index contributed by atoms with van der Waals surface area (Å²) < 4.78 is 0. The zero-order valence-electron chi connectivity index (χ0n) is 13.2. The predicted octanol–water partition coefficient (Wildman–Crippen LogP) is 3.46. The lowest BCUT2D eigenvalue weighted by atomic mass is 9.87. The maximum absolute atomic E-state index is 3.49. The van der Waals surface area contributed by atoms with Crippen molar-refractivity contribution in [2.24, 2.45) is 0 Å². The normalized spacial score (nSPS) is 12.1. The van der Waals surface area contributed by atoms with Crippen LogP contribution in [0.1, 0.15) is 52.2 Å². The van der Waals surface area contributed by atoms with Crippen LogP contribution in [0.3, 0.4) is 0 Å². The molecule has 1 aromatic carbocycles. The number of rotatable bonds is 7. The predicted molar refractivity (Wildman–Crippen MR) is 84.6 cm³/mol. The molecule has 0 fully saturated rings. The molecule has 19 heavy (non-hydrogen) atoms. The van der Waals surface area contributed by atoms with E-state index in [1.165, 1.54) is 17.5 Å². The highest BCUT2D eigenvalue weighted by atomic mass is 14.9. The van der Waals surface area contributed by atoms with Crippen molar-refractivity contribution in [3.8, 4) is 0 Å². The van der Waals surface area contributed by atoms with E-state index in [4.69, 9.17) is 0 Å². The Morgan fingerprint density at radius 1 is 1.00 bits per heavy atom. The smallest absolute Gasteiger partial charge is 0.0205 e. The Labute approximate surface area is 119 Å². The second-order valence-corrected chi connectivity index (χ2v) is 6.59. The molecule has 1 aromatic rings. The minimum atomic E-state index is 0.245. The van der Waals surface area contributed by atoms with Crippen LogP contribution >= 0.6 is 0 Å². The number of benzene rings is 1. The summed E-state index contributed by atoms with van der Waals surface area (Å²) in [5.74, 6) is 0. The van der Waals surface area contributed by atoms with Crippen LogP contribution in [-0.2, 0) is 12.0 Å². The fraction of sp³-hybridized carbons (Fsp3) is 0.647. The third kappa shape index (κ3) is 6.74. The largest absolute Gasteiger partial charge is 0.314 e. The van der Waals surface area contributed by atoms with Crippen molar-refractivity contribution in [2.75, 3.05) is 13.1 Å². The Hall–Kier alpha value is -0.860. The zero-order chi connectivity index (χ0) is 14.3. The van der Waals surface area contributed by atoms with Gasteiger partial charge in [0.25, 0.3) is 0 Å². The lowest BCUT2D eigenvalue weighted by Gasteiger charge is -2.19. The average Bonchev–Trinajstić information content (AvgIpc) is 2.32. The van der Waals surface area contributed by atoms with Crippen molar-refractivity contribution < 1.29 is 0 Å². The van der Waals surface area contributed by atoms with E-state index in [9.17, 15) is 0 Å². The Morgan fingerprint density at radius 2 is 1.63 bits per heavy atom. The molecular weight excluding hydrogens is 232 g/mol. The van der Waals surface area contributed by atoms with Crippen LogP contribution in [0, 0.1) is 0 Å². The highest BCUT2D eigenvalue weighted by molar-refractivity contribution is 5.27. The van der Waals surface area contributed by atoms with E-state index in [1.54, 1.807) is 0 Å². The van der Waals surface area contributed by atoms with Crippen molar-refractivity contribution >= 4 is 0 Å². The summed E-state index contributed by atoms with van der Waals surface area (Å²) in [6, 6.07) is 9.55. The van der Waals surface area contributed by atoms with Gasteiger partial charge in [0.15, 0.2) is 0 Å². The van der Waals surface area contributed by atoms with Crippen LogP contribution in [-0.4, -0.2) is 19.1 Å². The van der Waals surface area contributed by atoms with E-state index in [0.29, 0.717) is 6.04 Å². The molecular formula is C17H30N2. The Bertz CT molecular complexity index is 347. The summed E-state index contributed by atoms with van der Waals surface area (Å²) in [5.41, 5.74) is 3.01. The first-order valence-corrected chi connectivity index (χ1v) is 7.43. The summed E-state index contributed by atoms with van der Waals surface area (Å²) in [4.78, 5) is 0. The average molecular weight is 262 g/mol. The van der Waals surface area contributed by atoms with Crippen LogP contribution in [0.2, 0.25) is 0 Å². The van der Waals surface area contributed by atoms with E-state index in [0.717, 1.165) is 19.6 Å². The molecule has 0 heterocycles. The van der Waals surface area contributed by atoms with Gasteiger partial charge in [-0.05, 0) is 36.1 Å². The van der Waals surface area contributed by atoms with Gasteiger partial charge >= 0.3 is 0 Å². The Morgan fingerprint density at radius 3 is 2.16 bits per heavy atom. The van der Waals surface area contributed by atoms with Gasteiger partial charge in [-0.25, -0.2) is 0 Å². The first-order valence-electron chi connectivity index (χ1n) is 7.43. The van der Waals surface area contributed by atoms with Gasteiger partial charge in [0.2, 0.25) is 0 Å². The van der Waals surface area contributed by atoms with Gasteiger partial charge in [-0.2, -0.15) is 0 Å². The van der Waals surface area contributed by atoms with Gasteiger partial charge in [0.05, 0.1) is 0 Å². The third-order valence-corrected chi connectivity index (χ3v) is 3.23. The molecule has 0 bridgehead atoms. The molecule has 0 aliphatic rings. The standard InChI is InChI=1S/C17H30N2/c1-14(2)19-12-6-11-18-13-15-7-9-16(10-8-15)17(3,4)5/h7-10,14,18-19H,6,11-13H2,1-5H3. The fourth-order valence-corrected chi connectivity index (χ4v) is 1.96. The molecule has 0 amide bonds. The second kappa shape index (κ2) is 7.66. The highest BCUT2D eigenvalue weighted by Crippen LogP contribution is 2.22. The Kier molecular flexibility index (Phi) is 6.53. The van der Waals surface area contributed by atoms with E-state index >= 15 is 0 Å². The number of hydrogen-bond donors (Lipinski definition) is 2. The van der Waals surface area contributed by atoms with Gasteiger partial charge in [-0.3, -0.25) is 0 Å². The molecule has 0 radical (unpaired) electrons. The Balaban J connectivity index is 2.23. The van der Waals surface area contributed by atoms with E-state index in [-0.39, 0.29) is 5.41 Å². The summed E-state index contributed by atoms with van der Waals surface area (Å²) in [7, 11) is 0. The molecule has 0 aliphatic heterocycles. The molecule has 0 saturated carbocycles. The molecule has 2 heteroatoms. The van der Waals surface area contributed by atoms with Crippen molar-refractivity contribution in [3.63, 3.8) is 0 Å². The van der Waals surface area contributed by atoms with Crippen LogP contribution in [0.25, 0.3) is 0 Å². The number of hydrogen-bond acceptors (Lipinski definition) is 2. The van der Waals surface area contributed by atoms with Crippen LogP contribution in [0.4, 0.5) is 0 Å². The SMILES string of the molecule is CC(C)NCCCNCc1ccc(C(C)(C)C)cc1. The van der Waals surface area contributed by atoms with Crippen LogP contribution < -0.4 is 10.6 Å². The molecule has 1 rings (SSSR count). The molecule has 108 valence electrons. The minimum Gasteiger partial charge on any atom is -0.314 e. The molecule has 0 aliphatic carbocycles. The van der Waals surface area contributed by atoms with Crippen molar-refractivity contribution in [2.45, 2.75) is 59.0 Å². The van der Waals surface area contributed by atoms with Gasteiger partial charge in [0, 0.05) is 12.6 Å². The second-order valence-electron chi connectivity index (χ2n) is 6.59. The van der Waals surface area contributed by atoms with Gasteiger partial charge < -0.3 is 10.6 Å². The topological polar surface area (TPSA) is 24.1 Å². The molecule has 0 saturated heterocycles. The third-order valence-electron chi connectivity index (χ3n) is 3.23. The van der Waals surface area contributed by atoms with Crippen LogP contribution in [0.5, 0.6) is 0 Å².